The minimum atomic E-state index is -4.63. The SMILES string of the molecule is O=C(N[C@@H]1CCC[C@H](Nc2cc(C(F)(F)F)nc3ccc(F)cc23)C1)c1cnc2nccn2c1. The van der Waals surface area contributed by atoms with Crippen LogP contribution in [0.5, 0.6) is 0 Å². The molecule has 176 valence electrons. The first-order chi connectivity index (χ1) is 16.3. The van der Waals surface area contributed by atoms with E-state index in [1.54, 1.807) is 23.0 Å². The number of nitrogens with one attached hydrogen (secondary N) is 2. The molecule has 1 amide bonds. The highest BCUT2D eigenvalue weighted by molar-refractivity contribution is 5.94. The van der Waals surface area contributed by atoms with E-state index in [-0.39, 0.29) is 34.6 Å². The van der Waals surface area contributed by atoms with Crippen LogP contribution in [0.4, 0.5) is 23.2 Å². The normalized spacial score (nSPS) is 18.8. The van der Waals surface area contributed by atoms with Crippen molar-refractivity contribution in [3.63, 3.8) is 0 Å². The number of alkyl halides is 3. The highest BCUT2D eigenvalue weighted by Crippen LogP contribution is 2.34. The number of amides is 1. The number of rotatable bonds is 4. The second kappa shape index (κ2) is 8.54. The first-order valence-electron chi connectivity index (χ1n) is 10.8. The number of nitrogens with zero attached hydrogens (tertiary/aromatic N) is 4. The third-order valence-electron chi connectivity index (χ3n) is 5.94. The average molecular weight is 472 g/mol. The summed E-state index contributed by atoms with van der Waals surface area (Å²) in [7, 11) is 0. The van der Waals surface area contributed by atoms with Crippen molar-refractivity contribution in [3.8, 4) is 0 Å². The van der Waals surface area contributed by atoms with Crippen LogP contribution in [0.3, 0.4) is 0 Å². The molecule has 2 N–H and O–H groups in total. The van der Waals surface area contributed by atoms with Crippen molar-refractivity contribution in [1.29, 1.82) is 0 Å². The molecule has 0 spiro atoms. The molecule has 5 rings (SSSR count). The van der Waals surface area contributed by atoms with Crippen molar-refractivity contribution in [3.05, 3.63) is 66.1 Å². The lowest BCUT2D eigenvalue weighted by Crippen LogP contribution is -2.42. The number of pyridine rings is 1. The molecule has 11 heteroatoms. The van der Waals surface area contributed by atoms with Crippen LogP contribution in [0.15, 0.2) is 49.1 Å². The van der Waals surface area contributed by atoms with Crippen molar-refractivity contribution in [2.45, 2.75) is 43.9 Å². The Hall–Kier alpha value is -3.76. The quantitative estimate of drug-likeness (QED) is 0.425. The zero-order chi connectivity index (χ0) is 23.9. The predicted molar refractivity (Wildman–Crippen MR) is 117 cm³/mol. The number of aromatic nitrogens is 4. The van der Waals surface area contributed by atoms with E-state index in [9.17, 15) is 22.4 Å². The number of carbonyl (C=O) groups excluding carboxylic acids is 1. The summed E-state index contributed by atoms with van der Waals surface area (Å²) in [5.74, 6) is -0.364. The molecule has 3 heterocycles. The molecule has 1 aromatic carbocycles. The van der Waals surface area contributed by atoms with Gasteiger partial charge in [-0.3, -0.25) is 9.20 Å². The molecule has 1 saturated carbocycles. The highest BCUT2D eigenvalue weighted by Gasteiger charge is 2.34. The van der Waals surface area contributed by atoms with Gasteiger partial charge in [0.2, 0.25) is 5.78 Å². The van der Waals surface area contributed by atoms with Gasteiger partial charge in [-0.1, -0.05) is 0 Å². The molecule has 1 aliphatic rings. The van der Waals surface area contributed by atoms with Crippen molar-refractivity contribution in [2.24, 2.45) is 0 Å². The van der Waals surface area contributed by atoms with Gasteiger partial charge in [-0.05, 0) is 49.9 Å². The van der Waals surface area contributed by atoms with Crippen LogP contribution in [0, 0.1) is 5.82 Å². The van der Waals surface area contributed by atoms with Gasteiger partial charge in [0.05, 0.1) is 11.1 Å². The Kier molecular flexibility index (Phi) is 5.54. The number of anilines is 1. The van der Waals surface area contributed by atoms with Crippen LogP contribution < -0.4 is 10.6 Å². The molecule has 4 aromatic rings. The number of carbonyl (C=O) groups is 1. The maximum Gasteiger partial charge on any atom is 0.433 e. The summed E-state index contributed by atoms with van der Waals surface area (Å²) >= 11 is 0. The molecule has 0 saturated heterocycles. The Bertz CT molecular complexity index is 1370. The van der Waals surface area contributed by atoms with Crippen LogP contribution in [-0.4, -0.2) is 37.3 Å². The lowest BCUT2D eigenvalue weighted by atomic mass is 9.90. The van der Waals surface area contributed by atoms with E-state index >= 15 is 0 Å². The first-order valence-corrected chi connectivity index (χ1v) is 10.8. The zero-order valence-corrected chi connectivity index (χ0v) is 17.8. The van der Waals surface area contributed by atoms with Gasteiger partial charge in [0.15, 0.2) is 0 Å². The van der Waals surface area contributed by atoms with Gasteiger partial charge in [0.1, 0.15) is 11.5 Å². The zero-order valence-electron chi connectivity index (χ0n) is 17.8. The molecular formula is C23H20F4N6O. The number of benzene rings is 1. The summed E-state index contributed by atoms with van der Waals surface area (Å²) in [6.07, 6.45) is 4.45. The molecular weight excluding hydrogens is 452 g/mol. The molecule has 0 unspecified atom stereocenters. The summed E-state index contributed by atoms with van der Waals surface area (Å²) in [6, 6.07) is 4.02. The standard InChI is InChI=1S/C23H20F4N6O/c24-14-4-5-18-17(8-14)19(10-20(32-18)23(25,26)27)30-15-2-1-3-16(9-15)31-21(34)13-11-29-22-28-6-7-33(22)12-13/h4-8,10-12,15-16H,1-3,9H2,(H,30,32)(H,31,34)/t15-,16+/m0/s1. The van der Waals surface area contributed by atoms with E-state index in [0.29, 0.717) is 24.2 Å². The van der Waals surface area contributed by atoms with Crippen molar-refractivity contribution in [2.75, 3.05) is 5.32 Å². The highest BCUT2D eigenvalue weighted by atomic mass is 19.4. The average Bonchev–Trinajstić information content (AvgIpc) is 3.27. The van der Waals surface area contributed by atoms with E-state index in [1.165, 1.54) is 18.3 Å². The maximum absolute atomic E-state index is 13.8. The number of imidazole rings is 1. The van der Waals surface area contributed by atoms with Gasteiger partial charge >= 0.3 is 6.18 Å². The second-order valence-electron chi connectivity index (χ2n) is 8.37. The summed E-state index contributed by atoms with van der Waals surface area (Å²) in [4.78, 5) is 24.6. The van der Waals surface area contributed by atoms with Gasteiger partial charge in [0.25, 0.3) is 5.91 Å². The smallest absolute Gasteiger partial charge is 0.382 e. The largest absolute Gasteiger partial charge is 0.433 e. The number of fused-ring (bicyclic) bond motifs is 2. The van der Waals surface area contributed by atoms with Gasteiger partial charge in [-0.2, -0.15) is 13.2 Å². The van der Waals surface area contributed by atoms with Crippen LogP contribution in [0.25, 0.3) is 16.7 Å². The van der Waals surface area contributed by atoms with Crippen molar-refractivity contribution < 1.29 is 22.4 Å². The number of hydrogen-bond acceptors (Lipinski definition) is 5. The van der Waals surface area contributed by atoms with Crippen LogP contribution in [0.2, 0.25) is 0 Å². The van der Waals surface area contributed by atoms with E-state index in [2.05, 4.69) is 25.6 Å². The van der Waals surface area contributed by atoms with Crippen molar-refractivity contribution >= 4 is 28.3 Å². The minimum absolute atomic E-state index is 0.0572. The summed E-state index contributed by atoms with van der Waals surface area (Å²) in [5, 5.41) is 6.41. The summed E-state index contributed by atoms with van der Waals surface area (Å²) < 4.78 is 55.6. The second-order valence-corrected chi connectivity index (χ2v) is 8.37. The van der Waals surface area contributed by atoms with Crippen LogP contribution in [0.1, 0.15) is 41.7 Å². The fraction of sp³-hybridized carbons (Fsp3) is 0.304. The third-order valence-corrected chi connectivity index (χ3v) is 5.94. The van der Waals surface area contributed by atoms with E-state index in [4.69, 9.17) is 0 Å². The summed E-state index contributed by atoms with van der Waals surface area (Å²) in [5.41, 5.74) is -0.437. The number of halogens is 4. The van der Waals surface area contributed by atoms with Gasteiger partial charge in [0, 0.05) is 47.9 Å². The van der Waals surface area contributed by atoms with Gasteiger partial charge in [-0.25, -0.2) is 19.3 Å². The molecule has 1 fully saturated rings. The van der Waals surface area contributed by atoms with Gasteiger partial charge < -0.3 is 10.6 Å². The first kappa shape index (κ1) is 22.1. The van der Waals surface area contributed by atoms with Gasteiger partial charge in [-0.15, -0.1) is 0 Å². The molecule has 7 nitrogen and oxygen atoms in total. The van der Waals surface area contributed by atoms with Crippen LogP contribution >= 0.6 is 0 Å². The Balaban J connectivity index is 1.34. The monoisotopic (exact) mass is 472 g/mol. The Morgan fingerprint density at radius 2 is 1.94 bits per heavy atom. The molecule has 0 radical (unpaired) electrons. The molecule has 34 heavy (non-hydrogen) atoms. The maximum atomic E-state index is 13.8. The Morgan fingerprint density at radius 1 is 1.12 bits per heavy atom. The molecule has 3 aromatic heterocycles. The lowest BCUT2D eigenvalue weighted by Gasteiger charge is -2.31. The Labute approximate surface area is 191 Å². The molecule has 1 aliphatic carbocycles. The topological polar surface area (TPSA) is 84.2 Å². The molecule has 0 bridgehead atoms. The minimum Gasteiger partial charge on any atom is -0.382 e. The lowest BCUT2D eigenvalue weighted by molar-refractivity contribution is -0.140. The number of hydrogen-bond donors (Lipinski definition) is 2. The Morgan fingerprint density at radius 3 is 2.76 bits per heavy atom. The fourth-order valence-corrected chi connectivity index (χ4v) is 4.34. The molecule has 0 aliphatic heterocycles. The third kappa shape index (κ3) is 4.50. The van der Waals surface area contributed by atoms with E-state index < -0.39 is 17.7 Å². The van der Waals surface area contributed by atoms with Crippen LogP contribution in [-0.2, 0) is 6.18 Å². The molecule has 2 atom stereocenters. The summed E-state index contributed by atoms with van der Waals surface area (Å²) in [6.45, 7) is 0. The van der Waals surface area contributed by atoms with E-state index in [1.807, 2.05) is 0 Å². The predicted octanol–water partition coefficient (Wildman–Crippen LogP) is 4.59. The van der Waals surface area contributed by atoms with E-state index in [0.717, 1.165) is 25.0 Å². The van der Waals surface area contributed by atoms with Crippen molar-refractivity contribution in [1.82, 2.24) is 24.7 Å². The fourth-order valence-electron chi connectivity index (χ4n) is 4.34.